The minimum atomic E-state index is -0.360. The number of nitrogens with zero attached hydrogens (tertiary/aromatic N) is 1. The number of likely N-dealkylation sites (N-methyl/N-ethyl adjacent to an activating group) is 1. The van der Waals surface area contributed by atoms with Crippen molar-refractivity contribution in [2.24, 2.45) is 5.92 Å². The quantitative estimate of drug-likeness (QED) is 0.483. The summed E-state index contributed by atoms with van der Waals surface area (Å²) in [5, 5.41) is 0. The fourth-order valence-electron chi connectivity index (χ4n) is 0.949. The number of hydrogen-bond acceptors (Lipinski definition) is 3. The molecule has 11 heavy (non-hydrogen) atoms. The highest BCUT2D eigenvalue weighted by molar-refractivity contribution is 6.14. The zero-order valence-corrected chi connectivity index (χ0v) is 8.05. The Bertz CT molecular complexity index is 128. The lowest BCUT2D eigenvalue weighted by atomic mass is 10.1. The molecule has 0 fully saturated rings. The monoisotopic (exact) mass is 179 g/mol. The lowest BCUT2D eigenvalue weighted by Gasteiger charge is -2.22. The van der Waals surface area contributed by atoms with Crippen LogP contribution in [0.3, 0.4) is 0 Å². The topological polar surface area (TPSA) is 29.5 Å². The molecule has 3 nitrogen and oxygen atoms in total. The van der Waals surface area contributed by atoms with E-state index in [-0.39, 0.29) is 17.9 Å². The number of ether oxygens (including phenoxy) is 1. The molecule has 0 rings (SSSR count). The maximum atomic E-state index is 11.0. The van der Waals surface area contributed by atoms with Crippen LogP contribution >= 0.6 is 11.8 Å². The Morgan fingerprint density at radius 2 is 2.00 bits per heavy atom. The van der Waals surface area contributed by atoms with Gasteiger partial charge in [-0.2, -0.15) is 0 Å². The molecule has 0 aliphatic heterocycles. The van der Waals surface area contributed by atoms with E-state index in [0.717, 1.165) is 0 Å². The Kier molecular flexibility index (Phi) is 4.45. The van der Waals surface area contributed by atoms with Crippen molar-refractivity contribution in [2.45, 2.75) is 19.9 Å². The highest BCUT2D eigenvalue weighted by atomic mass is 35.5. The van der Waals surface area contributed by atoms with Gasteiger partial charge in [-0.05, 0) is 17.7 Å². The van der Waals surface area contributed by atoms with Gasteiger partial charge in [0.15, 0.2) is 0 Å². The molecule has 4 heteroatoms. The van der Waals surface area contributed by atoms with Gasteiger partial charge < -0.3 is 4.74 Å². The van der Waals surface area contributed by atoms with Gasteiger partial charge in [-0.15, -0.1) is 0 Å². The van der Waals surface area contributed by atoms with Crippen molar-refractivity contribution in [3.63, 3.8) is 0 Å². The molecule has 0 amide bonds. The predicted molar refractivity (Wildman–Crippen MR) is 44.3 cm³/mol. The zero-order valence-electron chi connectivity index (χ0n) is 7.30. The van der Waals surface area contributed by atoms with E-state index in [9.17, 15) is 4.79 Å². The SMILES string of the molecule is COC(=O)C(C(C)C)N(C)Cl. The van der Waals surface area contributed by atoms with Crippen LogP contribution in [0.15, 0.2) is 0 Å². The van der Waals surface area contributed by atoms with Gasteiger partial charge in [-0.3, -0.25) is 4.79 Å². The summed E-state index contributed by atoms with van der Waals surface area (Å²) in [5.74, 6) is -0.137. The molecule has 1 unspecified atom stereocenters. The molecule has 0 saturated heterocycles. The molecule has 0 heterocycles. The predicted octanol–water partition coefficient (Wildman–Crippen LogP) is 1.27. The Balaban J connectivity index is 4.22. The van der Waals surface area contributed by atoms with Gasteiger partial charge in [-0.1, -0.05) is 13.8 Å². The van der Waals surface area contributed by atoms with Crippen LogP contribution < -0.4 is 0 Å². The lowest BCUT2D eigenvalue weighted by molar-refractivity contribution is -0.146. The number of rotatable bonds is 3. The third-order valence-corrected chi connectivity index (χ3v) is 1.67. The number of methoxy groups -OCH3 is 1. The van der Waals surface area contributed by atoms with Crippen LogP contribution in [0.5, 0.6) is 0 Å². The molecule has 0 aliphatic carbocycles. The van der Waals surface area contributed by atoms with Gasteiger partial charge in [0.2, 0.25) is 0 Å². The second kappa shape index (κ2) is 4.57. The van der Waals surface area contributed by atoms with Gasteiger partial charge >= 0.3 is 5.97 Å². The molecule has 0 N–H and O–H groups in total. The van der Waals surface area contributed by atoms with Crippen molar-refractivity contribution < 1.29 is 9.53 Å². The van der Waals surface area contributed by atoms with Crippen molar-refractivity contribution in [2.75, 3.05) is 14.2 Å². The fraction of sp³-hybridized carbons (Fsp3) is 0.857. The van der Waals surface area contributed by atoms with Gasteiger partial charge in [0.1, 0.15) is 6.04 Å². The Labute approximate surface area is 72.4 Å². The maximum absolute atomic E-state index is 11.0. The third-order valence-electron chi connectivity index (χ3n) is 1.46. The summed E-state index contributed by atoms with van der Waals surface area (Å²) in [6.07, 6.45) is 0. The van der Waals surface area contributed by atoms with Crippen LogP contribution in [0.1, 0.15) is 13.8 Å². The van der Waals surface area contributed by atoms with E-state index in [4.69, 9.17) is 11.8 Å². The van der Waals surface area contributed by atoms with Crippen LogP contribution in [0, 0.1) is 5.92 Å². The summed E-state index contributed by atoms with van der Waals surface area (Å²) in [6, 6.07) is -0.360. The molecule has 0 aromatic carbocycles. The number of carbonyl (C=O) groups is 1. The first kappa shape index (κ1) is 10.7. The number of esters is 1. The summed E-state index contributed by atoms with van der Waals surface area (Å²) >= 11 is 5.64. The van der Waals surface area contributed by atoms with Crippen molar-refractivity contribution in [1.29, 1.82) is 0 Å². The molecule has 0 aliphatic rings. The summed E-state index contributed by atoms with van der Waals surface area (Å²) < 4.78 is 5.91. The molecule has 0 saturated carbocycles. The molecule has 66 valence electrons. The molecule has 0 aromatic rings. The second-order valence-electron chi connectivity index (χ2n) is 2.74. The Morgan fingerprint density at radius 1 is 1.55 bits per heavy atom. The smallest absolute Gasteiger partial charge is 0.324 e. The van der Waals surface area contributed by atoms with Gasteiger partial charge in [0.25, 0.3) is 0 Å². The van der Waals surface area contributed by atoms with E-state index in [1.165, 1.54) is 11.5 Å². The molecular weight excluding hydrogens is 166 g/mol. The minimum Gasteiger partial charge on any atom is -0.468 e. The van der Waals surface area contributed by atoms with Crippen molar-refractivity contribution in [3.05, 3.63) is 0 Å². The van der Waals surface area contributed by atoms with Crippen molar-refractivity contribution in [3.8, 4) is 0 Å². The second-order valence-corrected chi connectivity index (χ2v) is 3.27. The highest BCUT2D eigenvalue weighted by Crippen LogP contribution is 2.12. The molecule has 0 aromatic heterocycles. The van der Waals surface area contributed by atoms with E-state index in [2.05, 4.69) is 4.74 Å². The summed E-state index contributed by atoms with van der Waals surface area (Å²) in [6.45, 7) is 3.83. The van der Waals surface area contributed by atoms with E-state index < -0.39 is 0 Å². The van der Waals surface area contributed by atoms with Crippen molar-refractivity contribution >= 4 is 17.7 Å². The molecule has 0 radical (unpaired) electrons. The third kappa shape index (κ3) is 3.08. The van der Waals surface area contributed by atoms with E-state index in [0.29, 0.717) is 0 Å². The zero-order chi connectivity index (χ0) is 9.02. The summed E-state index contributed by atoms with van der Waals surface area (Å²) in [4.78, 5) is 11.0. The minimum absolute atomic E-state index is 0.157. The molecule has 1 atom stereocenters. The maximum Gasteiger partial charge on any atom is 0.324 e. The number of hydrogen-bond donors (Lipinski definition) is 0. The normalized spacial score (nSPS) is 13.7. The van der Waals surface area contributed by atoms with Crippen LogP contribution in [0.2, 0.25) is 0 Å². The van der Waals surface area contributed by atoms with Crippen LogP contribution in [0.4, 0.5) is 0 Å². The van der Waals surface area contributed by atoms with Crippen LogP contribution in [-0.4, -0.2) is 30.6 Å². The van der Waals surface area contributed by atoms with Gasteiger partial charge in [0.05, 0.1) is 7.11 Å². The van der Waals surface area contributed by atoms with Crippen LogP contribution in [-0.2, 0) is 9.53 Å². The first-order valence-electron chi connectivity index (χ1n) is 3.47. The Hall–Kier alpha value is -0.280. The van der Waals surface area contributed by atoms with E-state index >= 15 is 0 Å². The summed E-state index contributed by atoms with van der Waals surface area (Å²) in [5.41, 5.74) is 0. The molecule has 0 spiro atoms. The molecular formula is C7H14ClNO2. The largest absolute Gasteiger partial charge is 0.468 e. The number of carbonyl (C=O) groups excluding carboxylic acids is 1. The lowest BCUT2D eigenvalue weighted by Crippen LogP contribution is -2.37. The standard InChI is InChI=1S/C7H14ClNO2/c1-5(2)6(9(3)8)7(10)11-4/h5-6H,1-4H3. The highest BCUT2D eigenvalue weighted by Gasteiger charge is 2.26. The first-order chi connectivity index (χ1) is 5.00. The summed E-state index contributed by atoms with van der Waals surface area (Å²) in [7, 11) is 3.00. The first-order valence-corrected chi connectivity index (χ1v) is 3.81. The average Bonchev–Trinajstić information content (AvgIpc) is 1.85. The van der Waals surface area contributed by atoms with Crippen LogP contribution in [0.25, 0.3) is 0 Å². The van der Waals surface area contributed by atoms with E-state index in [1.54, 1.807) is 7.05 Å². The van der Waals surface area contributed by atoms with Crippen molar-refractivity contribution in [1.82, 2.24) is 4.42 Å². The van der Waals surface area contributed by atoms with Gasteiger partial charge in [0, 0.05) is 7.05 Å². The van der Waals surface area contributed by atoms with E-state index in [1.807, 2.05) is 13.8 Å². The average molecular weight is 180 g/mol. The van der Waals surface area contributed by atoms with Gasteiger partial charge in [-0.25, -0.2) is 4.42 Å². The molecule has 0 bridgehead atoms. The Morgan fingerprint density at radius 3 is 2.09 bits per heavy atom. The number of halogens is 1. The fourth-order valence-corrected chi connectivity index (χ4v) is 1.25.